The van der Waals surface area contributed by atoms with Crippen LogP contribution in [0.1, 0.15) is 36.5 Å². The van der Waals surface area contributed by atoms with Gasteiger partial charge in [-0.3, -0.25) is 9.78 Å². The first-order valence-corrected chi connectivity index (χ1v) is 7.78. The van der Waals surface area contributed by atoms with Gasteiger partial charge in [0.15, 0.2) is 0 Å². The normalized spacial score (nSPS) is 10.7. The standard InChI is InChI=1S/C19H24N2O/c1-15(2)18-6-4-17(5-7-18)14-19(22)21(3)13-10-16-8-11-20-12-9-16/h4-9,11-12,15H,10,13-14H2,1-3H3. The maximum atomic E-state index is 12.3. The highest BCUT2D eigenvalue weighted by Crippen LogP contribution is 2.15. The molecule has 1 amide bonds. The Morgan fingerprint density at radius 2 is 1.68 bits per heavy atom. The summed E-state index contributed by atoms with van der Waals surface area (Å²) in [6, 6.07) is 12.3. The topological polar surface area (TPSA) is 33.2 Å². The second-order valence-corrected chi connectivity index (χ2v) is 5.99. The van der Waals surface area contributed by atoms with Crippen LogP contribution < -0.4 is 0 Å². The summed E-state index contributed by atoms with van der Waals surface area (Å²) in [5.74, 6) is 0.680. The van der Waals surface area contributed by atoms with E-state index in [2.05, 4.69) is 43.1 Å². The third kappa shape index (κ3) is 4.69. The van der Waals surface area contributed by atoms with E-state index in [-0.39, 0.29) is 5.91 Å². The number of rotatable bonds is 6. The van der Waals surface area contributed by atoms with Gasteiger partial charge in [-0.05, 0) is 41.2 Å². The number of nitrogens with zero attached hydrogens (tertiary/aromatic N) is 2. The highest BCUT2D eigenvalue weighted by Gasteiger charge is 2.10. The minimum Gasteiger partial charge on any atom is -0.345 e. The minimum atomic E-state index is 0.159. The summed E-state index contributed by atoms with van der Waals surface area (Å²) >= 11 is 0. The van der Waals surface area contributed by atoms with Crippen molar-refractivity contribution in [2.75, 3.05) is 13.6 Å². The lowest BCUT2D eigenvalue weighted by molar-refractivity contribution is -0.129. The Bertz CT molecular complexity index is 591. The molecule has 0 atom stereocenters. The van der Waals surface area contributed by atoms with Gasteiger partial charge >= 0.3 is 0 Å². The third-order valence-electron chi connectivity index (χ3n) is 3.91. The highest BCUT2D eigenvalue weighted by atomic mass is 16.2. The fraction of sp³-hybridized carbons (Fsp3) is 0.368. The molecule has 2 aromatic rings. The van der Waals surface area contributed by atoms with Crippen molar-refractivity contribution in [2.45, 2.75) is 32.6 Å². The third-order valence-corrected chi connectivity index (χ3v) is 3.91. The summed E-state index contributed by atoms with van der Waals surface area (Å²) in [6.45, 7) is 5.08. The number of hydrogen-bond acceptors (Lipinski definition) is 2. The Morgan fingerprint density at radius 1 is 1.05 bits per heavy atom. The lowest BCUT2D eigenvalue weighted by Gasteiger charge is -2.17. The van der Waals surface area contributed by atoms with Gasteiger partial charge in [-0.2, -0.15) is 0 Å². The molecule has 0 aliphatic rings. The van der Waals surface area contributed by atoms with Crippen molar-refractivity contribution in [1.82, 2.24) is 9.88 Å². The Labute approximate surface area is 133 Å². The van der Waals surface area contributed by atoms with Crippen molar-refractivity contribution < 1.29 is 4.79 Å². The van der Waals surface area contributed by atoms with E-state index >= 15 is 0 Å². The van der Waals surface area contributed by atoms with Gasteiger partial charge in [0.1, 0.15) is 0 Å². The van der Waals surface area contributed by atoms with E-state index in [0.29, 0.717) is 12.3 Å². The van der Waals surface area contributed by atoms with Gasteiger partial charge in [-0.25, -0.2) is 0 Å². The molecule has 22 heavy (non-hydrogen) atoms. The molecule has 2 rings (SSSR count). The smallest absolute Gasteiger partial charge is 0.226 e. The molecule has 116 valence electrons. The number of hydrogen-bond donors (Lipinski definition) is 0. The fourth-order valence-electron chi connectivity index (χ4n) is 2.30. The fourth-order valence-corrected chi connectivity index (χ4v) is 2.30. The van der Waals surface area contributed by atoms with Crippen molar-refractivity contribution in [1.29, 1.82) is 0 Å². The first kappa shape index (κ1) is 16.2. The molecule has 0 saturated carbocycles. The SMILES string of the molecule is CC(C)c1ccc(CC(=O)N(C)CCc2ccncc2)cc1. The molecule has 0 radical (unpaired) electrons. The maximum absolute atomic E-state index is 12.3. The molecular formula is C19H24N2O. The van der Waals surface area contributed by atoms with Crippen molar-refractivity contribution in [3.63, 3.8) is 0 Å². The zero-order valence-electron chi connectivity index (χ0n) is 13.6. The lowest BCUT2D eigenvalue weighted by Crippen LogP contribution is -2.30. The van der Waals surface area contributed by atoms with Crippen molar-refractivity contribution >= 4 is 5.91 Å². The first-order valence-electron chi connectivity index (χ1n) is 7.78. The molecule has 0 unspecified atom stereocenters. The van der Waals surface area contributed by atoms with Gasteiger partial charge < -0.3 is 4.90 Å². The predicted molar refractivity (Wildman–Crippen MR) is 89.8 cm³/mol. The molecule has 1 aromatic carbocycles. The van der Waals surface area contributed by atoms with Crippen molar-refractivity contribution in [3.8, 4) is 0 Å². The molecular weight excluding hydrogens is 272 g/mol. The highest BCUT2D eigenvalue weighted by molar-refractivity contribution is 5.78. The number of benzene rings is 1. The Kier molecular flexibility index (Phi) is 5.70. The molecule has 0 saturated heterocycles. The van der Waals surface area contributed by atoms with Gasteiger partial charge in [-0.15, -0.1) is 0 Å². The molecule has 3 heteroatoms. The Morgan fingerprint density at radius 3 is 2.27 bits per heavy atom. The molecule has 0 fully saturated rings. The van der Waals surface area contributed by atoms with Crippen LogP contribution in [0.4, 0.5) is 0 Å². The number of likely N-dealkylation sites (N-methyl/N-ethyl adjacent to an activating group) is 1. The summed E-state index contributed by atoms with van der Waals surface area (Å²) in [7, 11) is 1.87. The molecule has 1 aromatic heterocycles. The van der Waals surface area contributed by atoms with Gasteiger partial charge in [0.2, 0.25) is 5.91 Å². The summed E-state index contributed by atoms with van der Waals surface area (Å²) in [5.41, 5.74) is 3.59. The van der Waals surface area contributed by atoms with E-state index < -0.39 is 0 Å². The molecule has 3 nitrogen and oxygen atoms in total. The average Bonchev–Trinajstić information content (AvgIpc) is 2.54. The molecule has 0 aliphatic carbocycles. The number of amides is 1. The summed E-state index contributed by atoms with van der Waals surface area (Å²) in [5, 5.41) is 0. The summed E-state index contributed by atoms with van der Waals surface area (Å²) in [6.07, 6.45) is 4.89. The van der Waals surface area contributed by atoms with E-state index in [1.165, 1.54) is 11.1 Å². The van der Waals surface area contributed by atoms with Crippen LogP contribution in [0.25, 0.3) is 0 Å². The number of carbonyl (C=O) groups excluding carboxylic acids is 1. The second-order valence-electron chi connectivity index (χ2n) is 5.99. The van der Waals surface area contributed by atoms with Gasteiger partial charge in [0, 0.05) is 26.0 Å². The number of pyridine rings is 1. The largest absolute Gasteiger partial charge is 0.345 e. The van der Waals surface area contributed by atoms with Crippen LogP contribution >= 0.6 is 0 Å². The van der Waals surface area contributed by atoms with Crippen LogP contribution in [0, 0.1) is 0 Å². The van der Waals surface area contributed by atoms with Crippen molar-refractivity contribution in [3.05, 3.63) is 65.5 Å². The van der Waals surface area contributed by atoms with E-state index in [1.807, 2.05) is 19.2 Å². The molecule has 0 bridgehead atoms. The number of carbonyl (C=O) groups is 1. The van der Waals surface area contributed by atoms with Crippen LogP contribution in [-0.2, 0) is 17.6 Å². The molecule has 0 spiro atoms. The van der Waals surface area contributed by atoms with Crippen LogP contribution in [0.15, 0.2) is 48.8 Å². The van der Waals surface area contributed by atoms with Crippen LogP contribution in [0.2, 0.25) is 0 Å². The van der Waals surface area contributed by atoms with Crippen molar-refractivity contribution in [2.24, 2.45) is 0 Å². The maximum Gasteiger partial charge on any atom is 0.226 e. The zero-order valence-corrected chi connectivity index (χ0v) is 13.6. The van der Waals surface area contributed by atoms with Crippen LogP contribution in [0.5, 0.6) is 0 Å². The van der Waals surface area contributed by atoms with Crippen LogP contribution in [-0.4, -0.2) is 29.4 Å². The molecule has 0 N–H and O–H groups in total. The zero-order chi connectivity index (χ0) is 15.9. The quantitative estimate of drug-likeness (QED) is 0.818. The lowest BCUT2D eigenvalue weighted by atomic mass is 10.0. The molecule has 1 heterocycles. The summed E-state index contributed by atoms with van der Waals surface area (Å²) < 4.78 is 0. The molecule has 0 aliphatic heterocycles. The van der Waals surface area contributed by atoms with E-state index in [9.17, 15) is 4.79 Å². The first-order chi connectivity index (χ1) is 10.6. The minimum absolute atomic E-state index is 0.159. The van der Waals surface area contributed by atoms with Gasteiger partial charge in [-0.1, -0.05) is 38.1 Å². The Hall–Kier alpha value is -2.16. The second kappa shape index (κ2) is 7.74. The van der Waals surface area contributed by atoms with E-state index in [0.717, 1.165) is 18.5 Å². The Balaban J connectivity index is 1.85. The van der Waals surface area contributed by atoms with Gasteiger partial charge in [0.25, 0.3) is 0 Å². The number of aromatic nitrogens is 1. The van der Waals surface area contributed by atoms with E-state index in [1.54, 1.807) is 17.3 Å². The van der Waals surface area contributed by atoms with E-state index in [4.69, 9.17) is 0 Å². The van der Waals surface area contributed by atoms with Gasteiger partial charge in [0.05, 0.1) is 6.42 Å². The average molecular weight is 296 g/mol. The van der Waals surface area contributed by atoms with Crippen LogP contribution in [0.3, 0.4) is 0 Å². The predicted octanol–water partition coefficient (Wildman–Crippen LogP) is 3.45. The monoisotopic (exact) mass is 296 g/mol. The summed E-state index contributed by atoms with van der Waals surface area (Å²) in [4.78, 5) is 18.1.